The third kappa shape index (κ3) is 2.80. The Labute approximate surface area is 162 Å². The summed E-state index contributed by atoms with van der Waals surface area (Å²) in [6, 6.07) is 3.70. The van der Waals surface area contributed by atoms with Crippen molar-refractivity contribution in [2.24, 2.45) is 0 Å². The highest BCUT2D eigenvalue weighted by atomic mass is 19.1. The molecule has 148 valence electrons. The molecular weight excluding hydrogens is 361 g/mol. The van der Waals surface area contributed by atoms with Crippen LogP contribution in [-0.2, 0) is 4.74 Å². The molecule has 1 aliphatic carbocycles. The van der Waals surface area contributed by atoms with Gasteiger partial charge in [0.1, 0.15) is 11.4 Å². The average Bonchev–Trinajstić information content (AvgIpc) is 3.46. The standard InChI is InChI=1S/C21H24FN3O3/c1-2-28-21(27)16-12-25(13-3-4-13)18-10-19(17(22)9-15(18)20(16)26)24-8-7-23-6-5-14(24)11-23/h9-10,12-14H,2-8,11H2,1H3. The van der Waals surface area contributed by atoms with Crippen LogP contribution in [-0.4, -0.2) is 54.3 Å². The Bertz CT molecular complexity index is 1010. The Kier molecular flexibility index (Phi) is 4.16. The zero-order valence-electron chi connectivity index (χ0n) is 16.0. The molecule has 3 heterocycles. The predicted molar refractivity (Wildman–Crippen MR) is 105 cm³/mol. The highest BCUT2D eigenvalue weighted by Crippen LogP contribution is 2.39. The van der Waals surface area contributed by atoms with Crippen molar-refractivity contribution in [2.75, 3.05) is 37.7 Å². The first-order chi connectivity index (χ1) is 13.6. The fourth-order valence-corrected chi connectivity index (χ4v) is 4.61. The highest BCUT2D eigenvalue weighted by Gasteiger charge is 2.34. The van der Waals surface area contributed by atoms with E-state index in [1.54, 1.807) is 13.1 Å². The summed E-state index contributed by atoms with van der Waals surface area (Å²) in [5.41, 5.74) is 0.799. The number of aromatic nitrogens is 1. The summed E-state index contributed by atoms with van der Waals surface area (Å²) in [7, 11) is 0. The minimum atomic E-state index is -0.643. The van der Waals surface area contributed by atoms with Crippen LogP contribution in [0.15, 0.2) is 23.1 Å². The van der Waals surface area contributed by atoms with Crippen molar-refractivity contribution in [2.45, 2.75) is 38.3 Å². The van der Waals surface area contributed by atoms with Gasteiger partial charge in [0.25, 0.3) is 0 Å². The van der Waals surface area contributed by atoms with Gasteiger partial charge in [-0.1, -0.05) is 0 Å². The molecule has 0 N–H and O–H groups in total. The molecule has 0 amide bonds. The molecule has 2 bridgehead atoms. The first-order valence-electron chi connectivity index (χ1n) is 10.1. The van der Waals surface area contributed by atoms with Crippen LogP contribution in [0.3, 0.4) is 0 Å². The maximum absolute atomic E-state index is 15.1. The number of rotatable bonds is 4. The quantitative estimate of drug-likeness (QED) is 0.757. The van der Waals surface area contributed by atoms with Gasteiger partial charge < -0.3 is 14.2 Å². The Morgan fingerprint density at radius 2 is 2.00 bits per heavy atom. The van der Waals surface area contributed by atoms with Gasteiger partial charge in [-0.15, -0.1) is 0 Å². The molecule has 1 saturated carbocycles. The third-order valence-corrected chi connectivity index (χ3v) is 6.19. The number of esters is 1. The van der Waals surface area contributed by atoms with Gasteiger partial charge in [-0.25, -0.2) is 9.18 Å². The monoisotopic (exact) mass is 385 g/mol. The lowest BCUT2D eigenvalue weighted by molar-refractivity contribution is 0.0524. The van der Waals surface area contributed by atoms with Crippen molar-refractivity contribution in [3.8, 4) is 0 Å². The number of benzene rings is 1. The molecule has 0 spiro atoms. The van der Waals surface area contributed by atoms with Gasteiger partial charge in [0.2, 0.25) is 5.43 Å². The number of carbonyl (C=O) groups excluding carboxylic acids is 1. The summed E-state index contributed by atoms with van der Waals surface area (Å²) >= 11 is 0. The molecule has 3 aliphatic rings. The minimum Gasteiger partial charge on any atom is -0.462 e. The van der Waals surface area contributed by atoms with E-state index in [1.807, 2.05) is 10.6 Å². The Balaban J connectivity index is 1.67. The van der Waals surface area contributed by atoms with E-state index in [0.717, 1.165) is 45.4 Å². The second-order valence-electron chi connectivity index (χ2n) is 7.99. The molecule has 28 heavy (non-hydrogen) atoms. The number of pyridine rings is 1. The smallest absolute Gasteiger partial charge is 0.343 e. The second-order valence-corrected chi connectivity index (χ2v) is 7.99. The first kappa shape index (κ1) is 17.7. The van der Waals surface area contributed by atoms with Crippen molar-refractivity contribution in [1.82, 2.24) is 9.47 Å². The van der Waals surface area contributed by atoms with Crippen molar-refractivity contribution in [1.29, 1.82) is 0 Å². The molecule has 0 radical (unpaired) electrons. The number of anilines is 1. The molecule has 7 heteroatoms. The summed E-state index contributed by atoms with van der Waals surface area (Å²) in [6.07, 6.45) is 4.63. The largest absolute Gasteiger partial charge is 0.462 e. The molecule has 2 saturated heterocycles. The van der Waals surface area contributed by atoms with Crippen LogP contribution >= 0.6 is 0 Å². The van der Waals surface area contributed by atoms with Gasteiger partial charge in [0.05, 0.1) is 17.8 Å². The molecule has 6 nitrogen and oxygen atoms in total. The van der Waals surface area contributed by atoms with Crippen LogP contribution < -0.4 is 10.3 Å². The van der Waals surface area contributed by atoms with Gasteiger partial charge >= 0.3 is 5.97 Å². The molecule has 1 aromatic carbocycles. The van der Waals surface area contributed by atoms with Crippen LogP contribution in [0.4, 0.5) is 10.1 Å². The lowest BCUT2D eigenvalue weighted by atomic mass is 10.1. The number of nitrogens with zero attached hydrogens (tertiary/aromatic N) is 3. The number of halogens is 1. The van der Waals surface area contributed by atoms with Gasteiger partial charge in [-0.05, 0) is 38.3 Å². The topological polar surface area (TPSA) is 54.8 Å². The van der Waals surface area contributed by atoms with Gasteiger partial charge in [0.15, 0.2) is 0 Å². The second kappa shape index (κ2) is 6.58. The molecule has 2 aliphatic heterocycles. The molecule has 5 rings (SSSR count). The van der Waals surface area contributed by atoms with E-state index in [0.29, 0.717) is 17.2 Å². The summed E-state index contributed by atoms with van der Waals surface area (Å²) in [4.78, 5) is 29.7. The number of hydrogen-bond acceptors (Lipinski definition) is 5. The average molecular weight is 385 g/mol. The predicted octanol–water partition coefficient (Wildman–Crippen LogP) is 2.55. The van der Waals surface area contributed by atoms with Crippen molar-refractivity contribution < 1.29 is 13.9 Å². The minimum absolute atomic E-state index is 0.0159. The zero-order chi connectivity index (χ0) is 19.4. The van der Waals surface area contributed by atoms with Gasteiger partial charge in [0, 0.05) is 49.8 Å². The summed E-state index contributed by atoms with van der Waals surface area (Å²) in [5, 5.41) is 0.253. The van der Waals surface area contributed by atoms with Gasteiger partial charge in [-0.2, -0.15) is 0 Å². The maximum Gasteiger partial charge on any atom is 0.343 e. The number of carbonyl (C=O) groups is 1. The van der Waals surface area contributed by atoms with Crippen molar-refractivity contribution in [3.05, 3.63) is 39.9 Å². The summed E-state index contributed by atoms with van der Waals surface area (Å²) < 4.78 is 22.1. The molecule has 1 aromatic heterocycles. The maximum atomic E-state index is 15.1. The SMILES string of the molecule is CCOC(=O)c1cn(C2CC2)c2cc(N3CCN4CCC3C4)c(F)cc2c1=O. The van der Waals surface area contributed by atoms with E-state index >= 15 is 4.39 Å². The first-order valence-corrected chi connectivity index (χ1v) is 10.1. The summed E-state index contributed by atoms with van der Waals surface area (Å²) in [5.74, 6) is -1.04. The third-order valence-electron chi connectivity index (χ3n) is 6.19. The van der Waals surface area contributed by atoms with Crippen LogP contribution in [0.1, 0.15) is 42.6 Å². The van der Waals surface area contributed by atoms with E-state index in [1.165, 1.54) is 6.07 Å². The summed E-state index contributed by atoms with van der Waals surface area (Å²) in [6.45, 7) is 5.65. The number of hydrogen-bond donors (Lipinski definition) is 0. The molecular formula is C21H24FN3O3. The molecule has 2 unspecified atom stereocenters. The van der Waals surface area contributed by atoms with E-state index < -0.39 is 17.2 Å². The zero-order valence-corrected chi connectivity index (χ0v) is 16.0. The van der Waals surface area contributed by atoms with Crippen LogP contribution in [0.5, 0.6) is 0 Å². The fraction of sp³-hybridized carbons (Fsp3) is 0.524. The molecule has 3 fully saturated rings. The van der Waals surface area contributed by atoms with Crippen LogP contribution in [0, 0.1) is 5.82 Å². The van der Waals surface area contributed by atoms with Crippen molar-refractivity contribution in [3.63, 3.8) is 0 Å². The number of fused-ring (bicyclic) bond motifs is 3. The van der Waals surface area contributed by atoms with Crippen molar-refractivity contribution >= 4 is 22.6 Å². The van der Waals surface area contributed by atoms with Gasteiger partial charge in [-0.3, -0.25) is 9.69 Å². The van der Waals surface area contributed by atoms with E-state index in [9.17, 15) is 9.59 Å². The lowest BCUT2D eigenvalue weighted by Crippen LogP contribution is -2.47. The number of piperazine rings is 1. The lowest BCUT2D eigenvalue weighted by Gasteiger charge is -2.36. The fourth-order valence-electron chi connectivity index (χ4n) is 4.61. The highest BCUT2D eigenvalue weighted by molar-refractivity contribution is 5.94. The van der Waals surface area contributed by atoms with Crippen LogP contribution in [0.2, 0.25) is 0 Å². The molecule has 2 aromatic rings. The van der Waals surface area contributed by atoms with Crippen LogP contribution in [0.25, 0.3) is 10.9 Å². The molecule has 2 atom stereocenters. The normalized spacial score (nSPS) is 24.0. The number of ether oxygens (including phenoxy) is 1. The Morgan fingerprint density at radius 3 is 2.75 bits per heavy atom. The Hall–Kier alpha value is -2.41. The Morgan fingerprint density at radius 1 is 1.18 bits per heavy atom. The van der Waals surface area contributed by atoms with E-state index in [-0.39, 0.29) is 23.6 Å². The van der Waals surface area contributed by atoms with E-state index in [4.69, 9.17) is 4.74 Å². The van der Waals surface area contributed by atoms with E-state index in [2.05, 4.69) is 9.80 Å².